The summed E-state index contributed by atoms with van der Waals surface area (Å²) in [6.45, 7) is 1.61. The standard InChI is InChI=1S/C14H21N3O3S.ClH/c1-17(2)21(19,20)13-7-3-6-12(9-13)16-14(18)11-5-4-8-15-10-11;/h3,6-7,9,11,15H,4-5,8,10H2,1-2H3,(H,16,18);1H/t11-;/m1./s1. The van der Waals surface area contributed by atoms with E-state index >= 15 is 0 Å². The van der Waals surface area contributed by atoms with Crippen LogP contribution >= 0.6 is 12.4 Å². The number of amides is 1. The molecule has 1 heterocycles. The molecule has 22 heavy (non-hydrogen) atoms. The highest BCUT2D eigenvalue weighted by molar-refractivity contribution is 7.89. The van der Waals surface area contributed by atoms with Gasteiger partial charge >= 0.3 is 0 Å². The fourth-order valence-electron chi connectivity index (χ4n) is 2.27. The summed E-state index contributed by atoms with van der Waals surface area (Å²) in [5, 5.41) is 5.99. The van der Waals surface area contributed by atoms with E-state index < -0.39 is 10.0 Å². The highest BCUT2D eigenvalue weighted by Gasteiger charge is 2.22. The number of carbonyl (C=O) groups is 1. The Kier molecular flexibility index (Phi) is 6.80. The lowest BCUT2D eigenvalue weighted by molar-refractivity contribution is -0.120. The monoisotopic (exact) mass is 347 g/mol. The molecule has 1 aliphatic rings. The molecule has 8 heteroatoms. The number of nitrogens with one attached hydrogen (secondary N) is 2. The molecular formula is C14H22ClN3O3S. The Hall–Kier alpha value is -1.15. The van der Waals surface area contributed by atoms with Crippen molar-refractivity contribution in [3.8, 4) is 0 Å². The van der Waals surface area contributed by atoms with Crippen molar-refractivity contribution in [1.29, 1.82) is 0 Å². The number of hydrogen-bond acceptors (Lipinski definition) is 4. The van der Waals surface area contributed by atoms with E-state index in [1.807, 2.05) is 0 Å². The third-order valence-electron chi connectivity index (χ3n) is 3.55. The molecule has 0 bridgehead atoms. The summed E-state index contributed by atoms with van der Waals surface area (Å²) in [5.41, 5.74) is 0.508. The van der Waals surface area contributed by atoms with Gasteiger partial charge in [-0.3, -0.25) is 4.79 Å². The van der Waals surface area contributed by atoms with Gasteiger partial charge < -0.3 is 10.6 Å². The first-order valence-corrected chi connectivity index (χ1v) is 8.39. The van der Waals surface area contributed by atoms with Gasteiger partial charge in [0.1, 0.15) is 0 Å². The molecule has 1 aliphatic heterocycles. The van der Waals surface area contributed by atoms with Crippen LogP contribution in [0.3, 0.4) is 0 Å². The third-order valence-corrected chi connectivity index (χ3v) is 5.36. The molecule has 0 spiro atoms. The maximum absolute atomic E-state index is 12.2. The first-order valence-electron chi connectivity index (χ1n) is 6.95. The van der Waals surface area contributed by atoms with Crippen LogP contribution in [0.15, 0.2) is 29.2 Å². The van der Waals surface area contributed by atoms with Crippen LogP contribution in [0.25, 0.3) is 0 Å². The molecule has 1 saturated heterocycles. The number of carbonyl (C=O) groups excluding carboxylic acids is 1. The van der Waals surface area contributed by atoms with E-state index in [9.17, 15) is 13.2 Å². The highest BCUT2D eigenvalue weighted by atomic mass is 35.5. The molecule has 1 aromatic rings. The van der Waals surface area contributed by atoms with Gasteiger partial charge in [0.15, 0.2) is 0 Å². The molecule has 1 aromatic carbocycles. The van der Waals surface area contributed by atoms with Crippen molar-refractivity contribution in [2.24, 2.45) is 5.92 Å². The molecule has 0 saturated carbocycles. The van der Waals surface area contributed by atoms with Crippen molar-refractivity contribution in [3.05, 3.63) is 24.3 Å². The number of halogens is 1. The summed E-state index contributed by atoms with van der Waals surface area (Å²) in [6, 6.07) is 6.34. The van der Waals surface area contributed by atoms with Crippen LogP contribution in [0.2, 0.25) is 0 Å². The van der Waals surface area contributed by atoms with Crippen molar-refractivity contribution < 1.29 is 13.2 Å². The average Bonchev–Trinajstić information content (AvgIpc) is 2.48. The van der Waals surface area contributed by atoms with Gasteiger partial charge in [-0.1, -0.05) is 6.07 Å². The second-order valence-corrected chi connectivity index (χ2v) is 7.50. The maximum Gasteiger partial charge on any atom is 0.242 e. The fraction of sp³-hybridized carbons (Fsp3) is 0.500. The zero-order valence-electron chi connectivity index (χ0n) is 12.7. The lowest BCUT2D eigenvalue weighted by atomic mass is 9.99. The summed E-state index contributed by atoms with van der Waals surface area (Å²) >= 11 is 0. The van der Waals surface area contributed by atoms with Crippen molar-refractivity contribution in [2.45, 2.75) is 17.7 Å². The second kappa shape index (κ2) is 7.92. The zero-order chi connectivity index (χ0) is 15.5. The number of benzene rings is 1. The smallest absolute Gasteiger partial charge is 0.242 e. The molecule has 0 aromatic heterocycles. The number of hydrogen-bond donors (Lipinski definition) is 2. The van der Waals surface area contributed by atoms with Gasteiger partial charge in [0.25, 0.3) is 0 Å². The predicted molar refractivity (Wildman–Crippen MR) is 88.8 cm³/mol. The highest BCUT2D eigenvalue weighted by Crippen LogP contribution is 2.19. The van der Waals surface area contributed by atoms with E-state index in [-0.39, 0.29) is 29.1 Å². The van der Waals surface area contributed by atoms with Gasteiger partial charge in [0.2, 0.25) is 15.9 Å². The van der Waals surface area contributed by atoms with Crippen molar-refractivity contribution >= 4 is 34.0 Å². The lowest BCUT2D eigenvalue weighted by Crippen LogP contribution is -2.37. The first-order chi connectivity index (χ1) is 9.91. The van der Waals surface area contributed by atoms with Crippen molar-refractivity contribution in [3.63, 3.8) is 0 Å². The Balaban J connectivity index is 0.00000242. The number of sulfonamides is 1. The minimum atomic E-state index is -3.49. The van der Waals surface area contributed by atoms with Gasteiger partial charge in [-0.2, -0.15) is 0 Å². The van der Waals surface area contributed by atoms with E-state index in [1.165, 1.54) is 26.2 Å². The molecule has 0 unspecified atom stereocenters. The molecule has 6 nitrogen and oxygen atoms in total. The Morgan fingerprint density at radius 3 is 2.68 bits per heavy atom. The quantitative estimate of drug-likeness (QED) is 0.860. The Morgan fingerprint density at radius 2 is 2.09 bits per heavy atom. The normalized spacial score (nSPS) is 18.6. The van der Waals surface area contributed by atoms with Gasteiger partial charge in [-0.05, 0) is 37.6 Å². The van der Waals surface area contributed by atoms with Crippen LogP contribution in [0.5, 0.6) is 0 Å². The summed E-state index contributed by atoms with van der Waals surface area (Å²) in [6.07, 6.45) is 1.83. The van der Waals surface area contributed by atoms with Crippen LogP contribution in [-0.4, -0.2) is 45.8 Å². The average molecular weight is 348 g/mol. The van der Waals surface area contributed by atoms with Gasteiger partial charge in [-0.25, -0.2) is 12.7 Å². The fourth-order valence-corrected chi connectivity index (χ4v) is 3.21. The summed E-state index contributed by atoms with van der Waals surface area (Å²) in [5.74, 6) is -0.130. The topological polar surface area (TPSA) is 78.5 Å². The van der Waals surface area contributed by atoms with Gasteiger partial charge in [0, 0.05) is 26.3 Å². The number of rotatable bonds is 4. The first kappa shape index (κ1) is 18.9. The second-order valence-electron chi connectivity index (χ2n) is 5.35. The van der Waals surface area contributed by atoms with E-state index in [0.29, 0.717) is 12.2 Å². The van der Waals surface area contributed by atoms with Crippen LogP contribution in [-0.2, 0) is 14.8 Å². The van der Waals surface area contributed by atoms with E-state index in [2.05, 4.69) is 10.6 Å². The largest absolute Gasteiger partial charge is 0.326 e. The number of anilines is 1. The van der Waals surface area contributed by atoms with Crippen LogP contribution in [0, 0.1) is 5.92 Å². The molecule has 2 N–H and O–H groups in total. The Morgan fingerprint density at radius 1 is 1.36 bits per heavy atom. The minimum Gasteiger partial charge on any atom is -0.326 e. The van der Waals surface area contributed by atoms with Gasteiger partial charge in [-0.15, -0.1) is 12.4 Å². The molecule has 0 radical (unpaired) electrons. The molecule has 1 amide bonds. The summed E-state index contributed by atoms with van der Waals surface area (Å²) < 4.78 is 25.3. The zero-order valence-corrected chi connectivity index (χ0v) is 14.3. The van der Waals surface area contributed by atoms with Crippen molar-refractivity contribution in [2.75, 3.05) is 32.5 Å². The lowest BCUT2D eigenvalue weighted by Gasteiger charge is -2.22. The molecule has 1 fully saturated rings. The molecule has 0 aliphatic carbocycles. The maximum atomic E-state index is 12.2. The number of piperidine rings is 1. The summed E-state index contributed by atoms with van der Waals surface area (Å²) in [7, 11) is -0.529. The number of nitrogens with zero attached hydrogens (tertiary/aromatic N) is 1. The molecule has 1 atom stereocenters. The van der Waals surface area contributed by atoms with E-state index in [4.69, 9.17) is 0 Å². The SMILES string of the molecule is CN(C)S(=O)(=O)c1cccc(NC(=O)[C@@H]2CCCNC2)c1.Cl. The summed E-state index contributed by atoms with van der Waals surface area (Å²) in [4.78, 5) is 12.3. The Bertz CT molecular complexity index is 614. The third kappa shape index (κ3) is 4.42. The van der Waals surface area contributed by atoms with E-state index in [0.717, 1.165) is 23.7 Å². The van der Waals surface area contributed by atoms with Crippen molar-refractivity contribution in [1.82, 2.24) is 9.62 Å². The molecular weight excluding hydrogens is 326 g/mol. The van der Waals surface area contributed by atoms with Crippen LogP contribution in [0.1, 0.15) is 12.8 Å². The van der Waals surface area contributed by atoms with Crippen LogP contribution in [0.4, 0.5) is 5.69 Å². The molecule has 2 rings (SSSR count). The molecule has 124 valence electrons. The van der Waals surface area contributed by atoms with Gasteiger partial charge in [0.05, 0.1) is 10.8 Å². The predicted octanol–water partition coefficient (Wildman–Crippen LogP) is 1.30. The Labute approximate surface area is 137 Å². The minimum absolute atomic E-state index is 0. The van der Waals surface area contributed by atoms with Crippen LogP contribution < -0.4 is 10.6 Å². The van der Waals surface area contributed by atoms with E-state index in [1.54, 1.807) is 12.1 Å².